The maximum absolute atomic E-state index is 12.9. The largest absolute Gasteiger partial charge is 0.416 e. The Morgan fingerprint density at radius 3 is 2.43 bits per heavy atom. The second kappa shape index (κ2) is 11.2. The van der Waals surface area contributed by atoms with Crippen molar-refractivity contribution in [3.8, 4) is 0 Å². The molecule has 1 heterocycles. The number of amides is 2. The second-order valence-electron chi connectivity index (χ2n) is 7.74. The highest BCUT2D eigenvalue weighted by Gasteiger charge is 2.30. The van der Waals surface area contributed by atoms with E-state index in [9.17, 15) is 22.8 Å². The van der Waals surface area contributed by atoms with Gasteiger partial charge in [-0.25, -0.2) is 0 Å². The molecule has 184 valence electrons. The first-order valence-electron chi connectivity index (χ1n) is 10.6. The van der Waals surface area contributed by atoms with Crippen LogP contribution in [0.1, 0.15) is 22.5 Å². The van der Waals surface area contributed by atoms with Gasteiger partial charge in [0.2, 0.25) is 11.8 Å². The minimum absolute atomic E-state index is 0.0369. The SMILES string of the molecule is C=CCn1c(CC(=O)Nc2ccc(C)c(C)c2)nnc1SCC(=O)Nc1cccc(C(F)(F)F)c1. The number of thioether (sulfide) groups is 1. The Balaban J connectivity index is 1.62. The van der Waals surface area contributed by atoms with Gasteiger partial charge in [-0.15, -0.1) is 16.8 Å². The van der Waals surface area contributed by atoms with E-state index in [0.29, 0.717) is 23.2 Å². The van der Waals surface area contributed by atoms with Crippen molar-refractivity contribution < 1.29 is 22.8 Å². The zero-order valence-corrected chi connectivity index (χ0v) is 20.0. The van der Waals surface area contributed by atoms with Gasteiger partial charge in [0.15, 0.2) is 5.16 Å². The van der Waals surface area contributed by atoms with Crippen LogP contribution in [0.3, 0.4) is 0 Å². The number of rotatable bonds is 9. The van der Waals surface area contributed by atoms with Crippen LogP contribution >= 0.6 is 11.8 Å². The standard InChI is InChI=1S/C24H24F3N5O2S/c1-4-10-32-20(13-21(33)28-19-9-8-15(2)16(3)11-19)30-31-23(32)35-14-22(34)29-18-7-5-6-17(12-18)24(25,26)27/h4-9,11-12H,1,10,13-14H2,2-3H3,(H,28,33)(H,29,34). The number of hydrogen-bond donors (Lipinski definition) is 2. The number of alkyl halides is 3. The van der Waals surface area contributed by atoms with E-state index in [1.165, 1.54) is 12.1 Å². The number of aromatic nitrogens is 3. The summed E-state index contributed by atoms with van der Waals surface area (Å²) in [6.45, 7) is 7.96. The average molecular weight is 504 g/mol. The predicted molar refractivity (Wildman–Crippen MR) is 129 cm³/mol. The van der Waals surface area contributed by atoms with Crippen molar-refractivity contribution in [3.63, 3.8) is 0 Å². The molecule has 2 aromatic carbocycles. The lowest BCUT2D eigenvalue weighted by atomic mass is 10.1. The van der Waals surface area contributed by atoms with Crippen molar-refractivity contribution in [2.45, 2.75) is 38.1 Å². The lowest BCUT2D eigenvalue weighted by Gasteiger charge is -2.10. The fourth-order valence-corrected chi connectivity index (χ4v) is 3.90. The predicted octanol–water partition coefficient (Wildman–Crippen LogP) is 5.01. The zero-order chi connectivity index (χ0) is 25.6. The molecular weight excluding hydrogens is 479 g/mol. The van der Waals surface area contributed by atoms with E-state index in [4.69, 9.17) is 0 Å². The molecule has 0 bridgehead atoms. The highest BCUT2D eigenvalue weighted by molar-refractivity contribution is 7.99. The number of carbonyl (C=O) groups is 2. The molecule has 3 aromatic rings. The fraction of sp³-hybridized carbons (Fsp3) is 0.250. The minimum atomic E-state index is -4.50. The van der Waals surface area contributed by atoms with Crippen LogP contribution in [0.25, 0.3) is 0 Å². The van der Waals surface area contributed by atoms with E-state index >= 15 is 0 Å². The van der Waals surface area contributed by atoms with E-state index in [2.05, 4.69) is 27.4 Å². The van der Waals surface area contributed by atoms with Gasteiger partial charge in [-0.05, 0) is 55.3 Å². The van der Waals surface area contributed by atoms with Crippen LogP contribution in [-0.2, 0) is 28.7 Å². The number of halogens is 3. The van der Waals surface area contributed by atoms with Gasteiger partial charge < -0.3 is 15.2 Å². The quantitative estimate of drug-likeness (QED) is 0.317. The third-order valence-corrected chi connectivity index (χ3v) is 5.99. The van der Waals surface area contributed by atoms with Gasteiger partial charge in [0.05, 0.1) is 17.7 Å². The monoisotopic (exact) mass is 503 g/mol. The lowest BCUT2D eigenvalue weighted by molar-refractivity contribution is -0.137. The highest BCUT2D eigenvalue weighted by Crippen LogP contribution is 2.30. The van der Waals surface area contributed by atoms with Crippen LogP contribution < -0.4 is 10.6 Å². The summed E-state index contributed by atoms with van der Waals surface area (Å²) in [6, 6.07) is 10.0. The molecule has 0 aliphatic carbocycles. The number of nitrogens with one attached hydrogen (secondary N) is 2. The molecule has 35 heavy (non-hydrogen) atoms. The third kappa shape index (κ3) is 7.19. The Morgan fingerprint density at radius 2 is 1.74 bits per heavy atom. The third-order valence-electron chi connectivity index (χ3n) is 5.02. The molecule has 0 radical (unpaired) electrons. The summed E-state index contributed by atoms with van der Waals surface area (Å²) in [5.41, 5.74) is 2.04. The van der Waals surface area contributed by atoms with Gasteiger partial charge in [0.1, 0.15) is 5.82 Å². The second-order valence-corrected chi connectivity index (χ2v) is 8.68. The fourth-order valence-electron chi connectivity index (χ4n) is 3.14. The number of aryl methyl sites for hydroxylation is 2. The topological polar surface area (TPSA) is 88.9 Å². The number of nitrogens with zero attached hydrogens (tertiary/aromatic N) is 3. The first-order valence-corrected chi connectivity index (χ1v) is 11.6. The summed E-state index contributed by atoms with van der Waals surface area (Å²) in [7, 11) is 0. The summed E-state index contributed by atoms with van der Waals surface area (Å²) >= 11 is 1.06. The molecule has 0 saturated carbocycles. The van der Waals surface area contributed by atoms with E-state index in [1.54, 1.807) is 10.6 Å². The molecule has 1 aromatic heterocycles. The number of hydrogen-bond acceptors (Lipinski definition) is 5. The Morgan fingerprint density at radius 1 is 1.03 bits per heavy atom. The van der Waals surface area contributed by atoms with Gasteiger partial charge in [-0.1, -0.05) is 30.0 Å². The normalized spacial score (nSPS) is 11.2. The molecule has 11 heteroatoms. The Hall–Kier alpha value is -3.60. The Kier molecular flexibility index (Phi) is 8.34. The molecule has 0 saturated heterocycles. The van der Waals surface area contributed by atoms with Crippen LogP contribution in [0.15, 0.2) is 60.3 Å². The maximum Gasteiger partial charge on any atom is 0.416 e. The highest BCUT2D eigenvalue weighted by atomic mass is 32.2. The number of carbonyl (C=O) groups excluding carboxylic acids is 2. The average Bonchev–Trinajstić information content (AvgIpc) is 3.16. The Labute approximate surface area is 204 Å². The molecule has 0 atom stereocenters. The zero-order valence-electron chi connectivity index (χ0n) is 19.1. The summed E-state index contributed by atoms with van der Waals surface area (Å²) in [5.74, 6) is -0.492. The van der Waals surface area contributed by atoms with Gasteiger partial charge in [0.25, 0.3) is 0 Å². The number of allylic oxidation sites excluding steroid dienone is 1. The van der Waals surface area contributed by atoms with E-state index in [-0.39, 0.29) is 23.8 Å². The van der Waals surface area contributed by atoms with E-state index < -0.39 is 17.6 Å². The van der Waals surface area contributed by atoms with Gasteiger partial charge >= 0.3 is 6.18 Å². The molecule has 0 fully saturated rings. The molecule has 7 nitrogen and oxygen atoms in total. The van der Waals surface area contributed by atoms with Crippen LogP contribution in [-0.4, -0.2) is 32.3 Å². The first kappa shape index (κ1) is 26.0. The molecular formula is C24H24F3N5O2S. The van der Waals surface area contributed by atoms with Crippen LogP contribution in [0, 0.1) is 13.8 Å². The van der Waals surface area contributed by atoms with Crippen LogP contribution in [0.4, 0.5) is 24.5 Å². The van der Waals surface area contributed by atoms with Crippen LogP contribution in [0.5, 0.6) is 0 Å². The molecule has 0 spiro atoms. The van der Waals surface area contributed by atoms with Crippen molar-refractivity contribution in [2.24, 2.45) is 0 Å². The smallest absolute Gasteiger partial charge is 0.326 e. The van der Waals surface area contributed by atoms with Gasteiger partial charge in [-0.2, -0.15) is 13.2 Å². The minimum Gasteiger partial charge on any atom is -0.326 e. The summed E-state index contributed by atoms with van der Waals surface area (Å²) in [6.07, 6.45) is -2.93. The molecule has 3 rings (SSSR count). The molecule has 2 N–H and O–H groups in total. The summed E-state index contributed by atoms with van der Waals surface area (Å²) < 4.78 is 40.3. The maximum atomic E-state index is 12.9. The first-order chi connectivity index (χ1) is 16.6. The summed E-state index contributed by atoms with van der Waals surface area (Å²) in [5, 5.41) is 13.8. The van der Waals surface area contributed by atoms with Crippen molar-refractivity contribution in [1.29, 1.82) is 0 Å². The Bertz CT molecular complexity index is 1240. The van der Waals surface area contributed by atoms with E-state index in [0.717, 1.165) is 35.0 Å². The molecule has 0 aliphatic heterocycles. The van der Waals surface area contributed by atoms with Crippen molar-refractivity contribution in [3.05, 3.63) is 77.6 Å². The molecule has 2 amide bonds. The van der Waals surface area contributed by atoms with E-state index in [1.807, 2.05) is 32.0 Å². The van der Waals surface area contributed by atoms with Crippen molar-refractivity contribution >= 4 is 35.0 Å². The van der Waals surface area contributed by atoms with Crippen molar-refractivity contribution in [2.75, 3.05) is 16.4 Å². The van der Waals surface area contributed by atoms with Gasteiger partial charge in [-0.3, -0.25) is 9.59 Å². The number of anilines is 2. The van der Waals surface area contributed by atoms with Crippen LogP contribution in [0.2, 0.25) is 0 Å². The number of benzene rings is 2. The van der Waals surface area contributed by atoms with Gasteiger partial charge in [0, 0.05) is 17.9 Å². The lowest BCUT2D eigenvalue weighted by Crippen LogP contribution is -2.18. The van der Waals surface area contributed by atoms with Crippen molar-refractivity contribution in [1.82, 2.24) is 14.8 Å². The molecule has 0 aliphatic rings. The molecule has 0 unspecified atom stereocenters. The summed E-state index contributed by atoms with van der Waals surface area (Å²) in [4.78, 5) is 24.8.